The minimum atomic E-state index is -3.78. The van der Waals surface area contributed by atoms with Gasteiger partial charge < -0.3 is 9.64 Å². The lowest BCUT2D eigenvalue weighted by atomic mass is 10.1. The molecular formula is C21H21N5O3S. The van der Waals surface area contributed by atoms with E-state index in [1.807, 2.05) is 19.1 Å². The van der Waals surface area contributed by atoms with Crippen LogP contribution in [0.15, 0.2) is 47.5 Å². The molecule has 0 bridgehead atoms. The average Bonchev–Trinajstić information content (AvgIpc) is 3.13. The topological polar surface area (TPSA) is 114 Å². The number of aromatic nitrogens is 3. The molecule has 154 valence electrons. The Labute approximate surface area is 175 Å². The van der Waals surface area contributed by atoms with E-state index in [0.717, 1.165) is 41.4 Å². The van der Waals surface area contributed by atoms with Gasteiger partial charge in [-0.15, -0.1) is 0 Å². The number of H-pyrrole nitrogens is 1. The largest absolute Gasteiger partial charge is 0.378 e. The molecule has 1 fully saturated rings. The highest BCUT2D eigenvalue weighted by Crippen LogP contribution is 2.26. The summed E-state index contributed by atoms with van der Waals surface area (Å²) in [4.78, 5) is 6.69. The summed E-state index contributed by atoms with van der Waals surface area (Å²) >= 11 is 0. The van der Waals surface area contributed by atoms with Crippen molar-refractivity contribution in [1.82, 2.24) is 15.2 Å². The second-order valence-electron chi connectivity index (χ2n) is 6.90. The van der Waals surface area contributed by atoms with Crippen LogP contribution >= 0.6 is 0 Å². The molecule has 0 unspecified atom stereocenters. The SMILES string of the molecule is Cc1[nH]nc(-c2ccnc(N3CCOCC3)c2)c1C#Cc1cccc(S(N)(=O)=O)c1. The Balaban J connectivity index is 1.68. The maximum atomic E-state index is 11.6. The van der Waals surface area contributed by atoms with Crippen molar-refractivity contribution in [3.8, 4) is 23.1 Å². The molecule has 0 aliphatic carbocycles. The van der Waals surface area contributed by atoms with E-state index in [-0.39, 0.29) is 4.90 Å². The number of pyridine rings is 1. The van der Waals surface area contributed by atoms with Gasteiger partial charge in [-0.05, 0) is 37.3 Å². The van der Waals surface area contributed by atoms with Gasteiger partial charge in [0.2, 0.25) is 10.0 Å². The maximum absolute atomic E-state index is 11.6. The lowest BCUT2D eigenvalue weighted by molar-refractivity contribution is 0.122. The zero-order chi connectivity index (χ0) is 21.1. The van der Waals surface area contributed by atoms with Crippen LogP contribution in [-0.2, 0) is 14.8 Å². The summed E-state index contributed by atoms with van der Waals surface area (Å²) in [5, 5.41) is 12.6. The van der Waals surface area contributed by atoms with Crippen molar-refractivity contribution in [2.75, 3.05) is 31.2 Å². The van der Waals surface area contributed by atoms with Crippen molar-refractivity contribution in [2.24, 2.45) is 5.14 Å². The Morgan fingerprint density at radius 2 is 1.97 bits per heavy atom. The van der Waals surface area contributed by atoms with Gasteiger partial charge in [0.05, 0.1) is 23.7 Å². The number of morpholine rings is 1. The number of ether oxygens (including phenoxy) is 1. The quantitative estimate of drug-likeness (QED) is 0.620. The Morgan fingerprint density at radius 1 is 1.17 bits per heavy atom. The monoisotopic (exact) mass is 423 g/mol. The normalized spacial score (nSPS) is 14.3. The number of aromatic amines is 1. The van der Waals surface area contributed by atoms with Crippen LogP contribution in [0.2, 0.25) is 0 Å². The van der Waals surface area contributed by atoms with Gasteiger partial charge in [-0.25, -0.2) is 18.5 Å². The summed E-state index contributed by atoms with van der Waals surface area (Å²) in [5.74, 6) is 7.01. The molecule has 9 heteroatoms. The minimum Gasteiger partial charge on any atom is -0.378 e. The standard InChI is InChI=1S/C21H21N5O3S/c1-15-19(6-5-16-3-2-4-18(13-16)30(22,27)28)21(25-24-15)17-7-8-23-20(14-17)26-9-11-29-12-10-26/h2-4,7-8,13-14H,9-12H2,1H3,(H,24,25)(H2,22,27,28). The summed E-state index contributed by atoms with van der Waals surface area (Å²) in [6.07, 6.45) is 1.76. The maximum Gasteiger partial charge on any atom is 0.238 e. The average molecular weight is 423 g/mol. The van der Waals surface area contributed by atoms with Gasteiger partial charge in [-0.1, -0.05) is 17.9 Å². The van der Waals surface area contributed by atoms with E-state index in [4.69, 9.17) is 9.88 Å². The lowest BCUT2D eigenvalue weighted by Gasteiger charge is -2.27. The van der Waals surface area contributed by atoms with Gasteiger partial charge in [-0.3, -0.25) is 5.10 Å². The second kappa shape index (κ2) is 8.28. The Hall–Kier alpha value is -3.19. The number of nitrogens with zero attached hydrogens (tertiary/aromatic N) is 3. The molecule has 4 rings (SSSR count). The van der Waals surface area contributed by atoms with E-state index in [1.54, 1.807) is 18.3 Å². The first-order chi connectivity index (χ1) is 14.4. The van der Waals surface area contributed by atoms with Crippen LogP contribution in [-0.4, -0.2) is 49.9 Å². The number of nitrogens with one attached hydrogen (secondary N) is 1. The smallest absolute Gasteiger partial charge is 0.238 e. The summed E-state index contributed by atoms with van der Waals surface area (Å²) in [6.45, 7) is 4.85. The Kier molecular flexibility index (Phi) is 5.55. The van der Waals surface area contributed by atoms with Crippen LogP contribution in [0.1, 0.15) is 16.8 Å². The number of aryl methyl sites for hydroxylation is 1. The molecule has 0 spiro atoms. The number of benzene rings is 1. The van der Waals surface area contributed by atoms with E-state index in [0.29, 0.717) is 18.8 Å². The minimum absolute atomic E-state index is 0.0303. The molecule has 0 atom stereocenters. The Bertz CT molecular complexity index is 1230. The number of rotatable bonds is 3. The number of hydrogen-bond acceptors (Lipinski definition) is 6. The van der Waals surface area contributed by atoms with E-state index in [2.05, 4.69) is 31.9 Å². The number of nitrogens with two attached hydrogens (primary N) is 1. The fourth-order valence-electron chi connectivity index (χ4n) is 3.21. The molecule has 0 saturated carbocycles. The van der Waals surface area contributed by atoms with Crippen molar-refractivity contribution < 1.29 is 13.2 Å². The lowest BCUT2D eigenvalue weighted by Crippen LogP contribution is -2.36. The molecule has 0 amide bonds. The van der Waals surface area contributed by atoms with Crippen LogP contribution in [0.5, 0.6) is 0 Å². The highest BCUT2D eigenvalue weighted by Gasteiger charge is 2.16. The van der Waals surface area contributed by atoms with Gasteiger partial charge in [0.25, 0.3) is 0 Å². The van der Waals surface area contributed by atoms with Gasteiger partial charge in [0.15, 0.2) is 0 Å². The predicted molar refractivity (Wildman–Crippen MR) is 113 cm³/mol. The van der Waals surface area contributed by atoms with E-state index < -0.39 is 10.0 Å². The van der Waals surface area contributed by atoms with Gasteiger partial charge in [0.1, 0.15) is 11.5 Å². The molecule has 3 aromatic rings. The Morgan fingerprint density at radius 3 is 2.73 bits per heavy atom. The first kappa shape index (κ1) is 20.1. The predicted octanol–water partition coefficient (Wildman–Crippen LogP) is 1.66. The molecule has 30 heavy (non-hydrogen) atoms. The zero-order valence-electron chi connectivity index (χ0n) is 16.4. The number of primary sulfonamides is 1. The fraction of sp³-hybridized carbons (Fsp3) is 0.238. The van der Waals surface area contributed by atoms with Crippen molar-refractivity contribution in [2.45, 2.75) is 11.8 Å². The second-order valence-corrected chi connectivity index (χ2v) is 8.46. The fourth-order valence-corrected chi connectivity index (χ4v) is 3.77. The third kappa shape index (κ3) is 4.36. The molecule has 3 heterocycles. The number of hydrogen-bond donors (Lipinski definition) is 2. The van der Waals surface area contributed by atoms with Crippen LogP contribution in [0.3, 0.4) is 0 Å². The van der Waals surface area contributed by atoms with Crippen molar-refractivity contribution in [1.29, 1.82) is 0 Å². The highest BCUT2D eigenvalue weighted by atomic mass is 32.2. The first-order valence-electron chi connectivity index (χ1n) is 9.41. The molecular weight excluding hydrogens is 402 g/mol. The molecule has 1 saturated heterocycles. The molecule has 2 aromatic heterocycles. The number of sulfonamides is 1. The third-order valence-corrected chi connectivity index (χ3v) is 5.71. The summed E-state index contributed by atoms with van der Waals surface area (Å²) in [7, 11) is -3.78. The molecule has 8 nitrogen and oxygen atoms in total. The van der Waals surface area contributed by atoms with Crippen molar-refractivity contribution in [3.05, 3.63) is 59.4 Å². The summed E-state index contributed by atoms with van der Waals surface area (Å²) in [5.41, 5.74) is 3.75. The molecule has 1 aromatic carbocycles. The van der Waals surface area contributed by atoms with Crippen LogP contribution in [0.25, 0.3) is 11.3 Å². The highest BCUT2D eigenvalue weighted by molar-refractivity contribution is 7.89. The van der Waals surface area contributed by atoms with Gasteiger partial charge in [0, 0.05) is 36.1 Å². The van der Waals surface area contributed by atoms with Gasteiger partial charge in [-0.2, -0.15) is 5.10 Å². The van der Waals surface area contributed by atoms with Crippen molar-refractivity contribution >= 4 is 15.8 Å². The van der Waals surface area contributed by atoms with E-state index >= 15 is 0 Å². The van der Waals surface area contributed by atoms with Crippen molar-refractivity contribution in [3.63, 3.8) is 0 Å². The summed E-state index contributed by atoms with van der Waals surface area (Å²) < 4.78 is 28.6. The third-order valence-electron chi connectivity index (χ3n) is 4.80. The van der Waals surface area contributed by atoms with E-state index in [1.165, 1.54) is 12.1 Å². The molecule has 1 aliphatic rings. The van der Waals surface area contributed by atoms with E-state index in [9.17, 15) is 8.42 Å². The van der Waals surface area contributed by atoms with Crippen LogP contribution in [0, 0.1) is 18.8 Å². The summed E-state index contributed by atoms with van der Waals surface area (Å²) in [6, 6.07) is 10.1. The first-order valence-corrected chi connectivity index (χ1v) is 11.0. The zero-order valence-corrected chi connectivity index (χ0v) is 17.2. The number of anilines is 1. The molecule has 1 aliphatic heterocycles. The van der Waals surface area contributed by atoms with Crippen LogP contribution < -0.4 is 10.0 Å². The van der Waals surface area contributed by atoms with Crippen LogP contribution in [0.4, 0.5) is 5.82 Å². The molecule has 3 N–H and O–H groups in total. The molecule has 0 radical (unpaired) electrons. The van der Waals surface area contributed by atoms with Gasteiger partial charge >= 0.3 is 0 Å².